The predicted octanol–water partition coefficient (Wildman–Crippen LogP) is 1.96. The van der Waals surface area contributed by atoms with E-state index >= 15 is 0 Å². The molecule has 0 saturated carbocycles. The van der Waals surface area contributed by atoms with Gasteiger partial charge in [-0.25, -0.2) is 0 Å². The molecule has 1 unspecified atom stereocenters. The molecule has 1 aromatic heterocycles. The van der Waals surface area contributed by atoms with Gasteiger partial charge in [-0.3, -0.25) is 4.68 Å². The third kappa shape index (κ3) is 3.30. The minimum Gasteiger partial charge on any atom is -0.269 e. The van der Waals surface area contributed by atoms with E-state index in [0.29, 0.717) is 11.3 Å². The standard InChI is InChI=1S/C9H15FN2O2S/c1-4-7(2)12-5-9(8(3)11-12)6-15(10,13)14/h5,7H,4,6H2,1-3H3. The van der Waals surface area contributed by atoms with Gasteiger partial charge < -0.3 is 0 Å². The van der Waals surface area contributed by atoms with Crippen molar-refractivity contribution >= 4 is 10.2 Å². The Morgan fingerprint density at radius 2 is 2.20 bits per heavy atom. The summed E-state index contributed by atoms with van der Waals surface area (Å²) in [5.41, 5.74) is 0.995. The second-order valence-electron chi connectivity index (χ2n) is 3.66. The van der Waals surface area contributed by atoms with Crippen LogP contribution in [0.4, 0.5) is 3.89 Å². The highest BCUT2D eigenvalue weighted by Gasteiger charge is 2.15. The third-order valence-corrected chi connectivity index (χ3v) is 3.04. The normalized spacial score (nSPS) is 14.1. The highest BCUT2D eigenvalue weighted by molar-refractivity contribution is 7.85. The lowest BCUT2D eigenvalue weighted by atomic mass is 10.2. The third-order valence-electron chi connectivity index (χ3n) is 2.39. The van der Waals surface area contributed by atoms with E-state index in [1.165, 1.54) is 0 Å². The summed E-state index contributed by atoms with van der Waals surface area (Å²) in [6, 6.07) is 0.194. The molecule has 0 saturated heterocycles. The van der Waals surface area contributed by atoms with E-state index in [9.17, 15) is 12.3 Å². The Morgan fingerprint density at radius 1 is 1.60 bits per heavy atom. The summed E-state index contributed by atoms with van der Waals surface area (Å²) in [5, 5.41) is 4.15. The number of aryl methyl sites for hydroxylation is 1. The molecule has 0 fully saturated rings. The van der Waals surface area contributed by atoms with Crippen LogP contribution in [-0.2, 0) is 16.0 Å². The van der Waals surface area contributed by atoms with Gasteiger partial charge in [0.2, 0.25) is 0 Å². The van der Waals surface area contributed by atoms with Gasteiger partial charge >= 0.3 is 10.2 Å². The Morgan fingerprint density at radius 3 is 2.67 bits per heavy atom. The minimum absolute atomic E-state index is 0.194. The molecular weight excluding hydrogens is 219 g/mol. The van der Waals surface area contributed by atoms with E-state index in [2.05, 4.69) is 5.10 Å². The summed E-state index contributed by atoms with van der Waals surface area (Å²) in [6.45, 7) is 5.66. The maximum Gasteiger partial charge on any atom is 0.306 e. The van der Waals surface area contributed by atoms with Crippen molar-refractivity contribution in [2.24, 2.45) is 0 Å². The maximum atomic E-state index is 12.5. The zero-order valence-electron chi connectivity index (χ0n) is 9.07. The van der Waals surface area contributed by atoms with E-state index in [4.69, 9.17) is 0 Å². The lowest BCUT2D eigenvalue weighted by Gasteiger charge is -2.07. The van der Waals surface area contributed by atoms with Crippen molar-refractivity contribution in [2.45, 2.75) is 39.0 Å². The fraction of sp³-hybridized carbons (Fsp3) is 0.667. The summed E-state index contributed by atoms with van der Waals surface area (Å²) < 4.78 is 35.2. The highest BCUT2D eigenvalue weighted by atomic mass is 32.3. The van der Waals surface area contributed by atoms with Crippen molar-refractivity contribution in [3.63, 3.8) is 0 Å². The first-order chi connectivity index (χ1) is 6.83. The lowest BCUT2D eigenvalue weighted by Crippen LogP contribution is -2.04. The fourth-order valence-electron chi connectivity index (χ4n) is 1.26. The second kappa shape index (κ2) is 4.30. The lowest BCUT2D eigenvalue weighted by molar-refractivity contribution is 0.475. The Hall–Kier alpha value is -0.910. The fourth-order valence-corrected chi connectivity index (χ4v) is 1.91. The number of nitrogens with zero attached hydrogens (tertiary/aromatic N) is 2. The summed E-state index contributed by atoms with van der Waals surface area (Å²) in [4.78, 5) is 0. The van der Waals surface area contributed by atoms with E-state index in [0.717, 1.165) is 6.42 Å². The molecular formula is C9H15FN2O2S. The summed E-state index contributed by atoms with van der Waals surface area (Å²) >= 11 is 0. The van der Waals surface area contributed by atoms with Crippen LogP contribution in [0.3, 0.4) is 0 Å². The van der Waals surface area contributed by atoms with E-state index in [-0.39, 0.29) is 6.04 Å². The number of hydrogen-bond donors (Lipinski definition) is 0. The molecule has 1 aromatic rings. The molecule has 86 valence electrons. The minimum atomic E-state index is -4.47. The molecule has 0 bridgehead atoms. The molecule has 1 heterocycles. The molecule has 0 spiro atoms. The molecule has 4 nitrogen and oxygen atoms in total. The molecule has 0 aromatic carbocycles. The van der Waals surface area contributed by atoms with Crippen molar-refractivity contribution in [1.82, 2.24) is 9.78 Å². The van der Waals surface area contributed by atoms with Crippen LogP contribution in [-0.4, -0.2) is 18.2 Å². The van der Waals surface area contributed by atoms with Crippen LogP contribution in [0.1, 0.15) is 37.6 Å². The maximum absolute atomic E-state index is 12.5. The number of hydrogen-bond acceptors (Lipinski definition) is 3. The van der Waals surface area contributed by atoms with Crippen LogP contribution in [0, 0.1) is 6.92 Å². The van der Waals surface area contributed by atoms with Crippen molar-refractivity contribution < 1.29 is 12.3 Å². The number of halogens is 1. The topological polar surface area (TPSA) is 52.0 Å². The molecule has 0 aliphatic carbocycles. The number of aromatic nitrogens is 2. The van der Waals surface area contributed by atoms with Crippen molar-refractivity contribution in [1.29, 1.82) is 0 Å². The first kappa shape index (κ1) is 12.2. The molecule has 0 N–H and O–H groups in total. The molecule has 0 radical (unpaired) electrons. The van der Waals surface area contributed by atoms with E-state index < -0.39 is 16.0 Å². The van der Waals surface area contributed by atoms with Crippen molar-refractivity contribution in [2.75, 3.05) is 0 Å². The van der Waals surface area contributed by atoms with Gasteiger partial charge in [-0.2, -0.15) is 13.5 Å². The smallest absolute Gasteiger partial charge is 0.269 e. The van der Waals surface area contributed by atoms with Crippen LogP contribution < -0.4 is 0 Å². The number of rotatable bonds is 4. The van der Waals surface area contributed by atoms with Gasteiger partial charge in [0, 0.05) is 17.8 Å². The Kier molecular flexibility index (Phi) is 3.49. The molecule has 0 aliphatic heterocycles. The predicted molar refractivity (Wildman–Crippen MR) is 55.7 cm³/mol. The monoisotopic (exact) mass is 234 g/mol. The summed E-state index contributed by atoms with van der Waals surface area (Å²) in [5.74, 6) is -0.588. The van der Waals surface area contributed by atoms with Crippen LogP contribution in [0.25, 0.3) is 0 Å². The Balaban J connectivity index is 2.97. The average Bonchev–Trinajstić information content (AvgIpc) is 2.44. The zero-order chi connectivity index (χ0) is 11.6. The van der Waals surface area contributed by atoms with Crippen LogP contribution in [0.15, 0.2) is 6.20 Å². The van der Waals surface area contributed by atoms with Crippen LogP contribution >= 0.6 is 0 Å². The van der Waals surface area contributed by atoms with E-state index in [1.807, 2.05) is 13.8 Å². The average molecular weight is 234 g/mol. The van der Waals surface area contributed by atoms with Gasteiger partial charge in [0.1, 0.15) is 5.75 Å². The van der Waals surface area contributed by atoms with E-state index in [1.54, 1.807) is 17.8 Å². The summed E-state index contributed by atoms with van der Waals surface area (Å²) in [7, 11) is -4.47. The summed E-state index contributed by atoms with van der Waals surface area (Å²) in [6.07, 6.45) is 2.49. The van der Waals surface area contributed by atoms with Gasteiger partial charge in [0.15, 0.2) is 0 Å². The zero-order valence-corrected chi connectivity index (χ0v) is 9.88. The molecule has 0 amide bonds. The molecule has 15 heavy (non-hydrogen) atoms. The first-order valence-corrected chi connectivity index (χ1v) is 6.35. The van der Waals surface area contributed by atoms with Gasteiger partial charge in [0.25, 0.3) is 0 Å². The second-order valence-corrected chi connectivity index (χ2v) is 5.03. The molecule has 0 aliphatic rings. The van der Waals surface area contributed by atoms with Crippen molar-refractivity contribution in [3.05, 3.63) is 17.5 Å². The van der Waals surface area contributed by atoms with Gasteiger partial charge in [-0.1, -0.05) is 6.92 Å². The first-order valence-electron chi connectivity index (χ1n) is 4.80. The van der Waals surface area contributed by atoms with Crippen molar-refractivity contribution in [3.8, 4) is 0 Å². The van der Waals surface area contributed by atoms with Crippen LogP contribution in [0.2, 0.25) is 0 Å². The Labute approximate surface area is 89.3 Å². The molecule has 6 heteroatoms. The van der Waals surface area contributed by atoms with Crippen LogP contribution in [0.5, 0.6) is 0 Å². The largest absolute Gasteiger partial charge is 0.306 e. The molecule has 1 atom stereocenters. The van der Waals surface area contributed by atoms with Gasteiger partial charge in [-0.05, 0) is 20.3 Å². The van der Waals surface area contributed by atoms with Gasteiger partial charge in [0.05, 0.1) is 5.69 Å². The Bertz CT molecular complexity index is 439. The van der Waals surface area contributed by atoms with Gasteiger partial charge in [-0.15, -0.1) is 3.89 Å². The highest BCUT2D eigenvalue weighted by Crippen LogP contribution is 2.16. The quantitative estimate of drug-likeness (QED) is 0.748. The SMILES string of the molecule is CCC(C)n1cc(CS(=O)(=O)F)c(C)n1. The molecule has 1 rings (SSSR count).